The van der Waals surface area contributed by atoms with Crippen molar-refractivity contribution in [1.82, 2.24) is 5.32 Å². The number of hydrogen-bond donors (Lipinski definition) is 1. The van der Waals surface area contributed by atoms with E-state index in [1.807, 2.05) is 39.8 Å². The van der Waals surface area contributed by atoms with Gasteiger partial charge in [0.25, 0.3) is 0 Å². The van der Waals surface area contributed by atoms with E-state index >= 15 is 0 Å². The first-order chi connectivity index (χ1) is 23.4. The summed E-state index contributed by atoms with van der Waals surface area (Å²) < 4.78 is 24.5. The van der Waals surface area contributed by atoms with Crippen LogP contribution in [0.4, 0.5) is 0 Å². The van der Waals surface area contributed by atoms with Gasteiger partial charge in [-0.05, 0) is 39.2 Å². The van der Waals surface area contributed by atoms with Crippen LogP contribution in [0.1, 0.15) is 149 Å². The van der Waals surface area contributed by atoms with Crippen LogP contribution in [-0.2, 0) is 35.1 Å². The van der Waals surface area contributed by atoms with Crippen molar-refractivity contribution >= 4 is 11.9 Å². The molecule has 1 aromatic heterocycles. The van der Waals surface area contributed by atoms with Gasteiger partial charge < -0.3 is 24.3 Å². The Kier molecular flexibility index (Phi) is 22.6. The minimum atomic E-state index is -0.622. The van der Waals surface area contributed by atoms with Crippen molar-refractivity contribution in [3.05, 3.63) is 52.6 Å². The largest absolute Gasteiger partial charge is 0.460 e. The molecule has 48 heavy (non-hydrogen) atoms. The predicted molar refractivity (Wildman–Crippen MR) is 192 cm³/mol. The van der Waals surface area contributed by atoms with Crippen molar-refractivity contribution in [2.75, 3.05) is 39.6 Å². The minimum absolute atomic E-state index is 0.146. The Morgan fingerprint density at radius 1 is 0.625 bits per heavy atom. The maximum Gasteiger partial charge on any atom is 0.336 e. The van der Waals surface area contributed by atoms with Crippen LogP contribution in [0.15, 0.2) is 47.1 Å². The van der Waals surface area contributed by atoms with Crippen LogP contribution >= 0.6 is 0 Å². The van der Waals surface area contributed by atoms with E-state index in [4.69, 9.17) is 18.9 Å². The van der Waals surface area contributed by atoms with E-state index in [1.54, 1.807) is 0 Å². The molecule has 1 N–H and O–H groups in total. The fourth-order valence-corrected chi connectivity index (χ4v) is 6.24. The average molecular weight is 672 g/mol. The molecule has 1 aliphatic heterocycles. The number of carbonyl (C=O) groups is 2. The molecule has 2 rings (SSSR count). The van der Waals surface area contributed by atoms with Crippen LogP contribution in [0.3, 0.4) is 0 Å². The number of nitrogens with zero attached hydrogens (tertiary/aromatic N) is 1. The standard InChI is InChI=1S/C40H66N2O6/c1-6-9-10-11-12-13-14-15-16-17-18-19-20-21-24-42-25-22-23-35(32-42)38-36(39(43)47-30-28-45-26-7-2)33(4)41-34(5)37(38)40(44)48-31-29-46-27-8-3/h22-23,25,32,38H,6-21,24,26-31H2,1-5H3/p+1. The number of allylic oxidation sites excluding steroid dienone is 2. The number of hydrogen-bond acceptors (Lipinski definition) is 7. The zero-order valence-corrected chi connectivity index (χ0v) is 31.0. The van der Waals surface area contributed by atoms with Crippen molar-refractivity contribution in [3.8, 4) is 0 Å². The first-order valence-corrected chi connectivity index (χ1v) is 19.1. The van der Waals surface area contributed by atoms with E-state index in [0.717, 1.165) is 31.4 Å². The smallest absolute Gasteiger partial charge is 0.336 e. The van der Waals surface area contributed by atoms with E-state index in [0.29, 0.717) is 49.0 Å². The van der Waals surface area contributed by atoms with Crippen LogP contribution in [0, 0.1) is 0 Å². The second-order valence-corrected chi connectivity index (χ2v) is 13.1. The summed E-state index contributed by atoms with van der Waals surface area (Å²) in [4.78, 5) is 27.1. The highest BCUT2D eigenvalue weighted by molar-refractivity contribution is 5.99. The quantitative estimate of drug-likeness (QED) is 0.0542. The molecule has 0 saturated heterocycles. The van der Waals surface area contributed by atoms with Crippen LogP contribution in [0.5, 0.6) is 0 Å². The molecule has 0 unspecified atom stereocenters. The third-order valence-corrected chi connectivity index (χ3v) is 8.80. The summed E-state index contributed by atoms with van der Waals surface area (Å²) in [6.07, 6.45) is 24.5. The minimum Gasteiger partial charge on any atom is -0.460 e. The Hall–Kier alpha value is -2.71. The second kappa shape index (κ2) is 26.2. The lowest BCUT2D eigenvalue weighted by Crippen LogP contribution is -2.36. The zero-order valence-electron chi connectivity index (χ0n) is 31.0. The summed E-state index contributed by atoms with van der Waals surface area (Å²) in [7, 11) is 0. The highest BCUT2D eigenvalue weighted by Gasteiger charge is 2.39. The normalized spacial score (nSPS) is 13.6. The first kappa shape index (κ1) is 41.5. The number of aryl methyl sites for hydroxylation is 1. The maximum atomic E-state index is 13.6. The summed E-state index contributed by atoms with van der Waals surface area (Å²) in [5.74, 6) is -1.55. The van der Waals surface area contributed by atoms with Gasteiger partial charge >= 0.3 is 11.9 Å². The summed E-state index contributed by atoms with van der Waals surface area (Å²) in [6, 6.07) is 3.97. The molecule has 0 bridgehead atoms. The maximum absolute atomic E-state index is 13.6. The fraction of sp³-hybridized carbons (Fsp3) is 0.725. The lowest BCUT2D eigenvalue weighted by molar-refractivity contribution is -0.697. The Labute approximate surface area is 292 Å². The lowest BCUT2D eigenvalue weighted by Gasteiger charge is -2.30. The monoisotopic (exact) mass is 671 g/mol. The van der Waals surface area contributed by atoms with Crippen molar-refractivity contribution in [2.45, 2.75) is 150 Å². The van der Waals surface area contributed by atoms with Gasteiger partial charge in [-0.3, -0.25) is 0 Å². The molecule has 1 aromatic rings. The third kappa shape index (κ3) is 16.1. The van der Waals surface area contributed by atoms with Gasteiger partial charge in [0.15, 0.2) is 12.4 Å². The Morgan fingerprint density at radius 2 is 1.08 bits per heavy atom. The number of unbranched alkanes of at least 4 members (excludes halogenated alkanes) is 13. The molecule has 8 nitrogen and oxygen atoms in total. The number of dihydropyridines is 1. The van der Waals surface area contributed by atoms with Gasteiger partial charge in [-0.2, -0.15) is 0 Å². The van der Waals surface area contributed by atoms with E-state index in [1.165, 1.54) is 83.5 Å². The number of rotatable bonds is 28. The van der Waals surface area contributed by atoms with E-state index < -0.39 is 17.9 Å². The number of esters is 2. The molecular weight excluding hydrogens is 604 g/mol. The summed E-state index contributed by atoms with van der Waals surface area (Å²) in [5.41, 5.74) is 3.02. The highest BCUT2D eigenvalue weighted by Crippen LogP contribution is 2.38. The first-order valence-electron chi connectivity index (χ1n) is 19.1. The van der Waals surface area contributed by atoms with Crippen molar-refractivity contribution in [2.24, 2.45) is 0 Å². The Bertz CT molecular complexity index is 1070. The molecular formula is C40H67N2O6+. The molecule has 0 aliphatic carbocycles. The number of ether oxygens (including phenoxy) is 4. The number of pyridine rings is 1. The number of nitrogens with one attached hydrogen (secondary N) is 1. The topological polar surface area (TPSA) is 87.0 Å². The van der Waals surface area contributed by atoms with Crippen LogP contribution < -0.4 is 9.88 Å². The third-order valence-electron chi connectivity index (χ3n) is 8.80. The summed E-state index contributed by atoms with van der Waals surface area (Å²) >= 11 is 0. The molecule has 0 saturated carbocycles. The van der Waals surface area contributed by atoms with E-state index in [-0.39, 0.29) is 13.2 Å². The van der Waals surface area contributed by atoms with Gasteiger partial charge in [0, 0.05) is 42.7 Å². The molecule has 0 atom stereocenters. The zero-order chi connectivity index (χ0) is 34.8. The molecule has 1 aliphatic rings. The Balaban J connectivity index is 2.00. The van der Waals surface area contributed by atoms with Crippen molar-refractivity contribution in [1.29, 1.82) is 0 Å². The van der Waals surface area contributed by atoms with Crippen molar-refractivity contribution < 1.29 is 33.1 Å². The summed E-state index contributed by atoms with van der Waals surface area (Å²) in [5, 5.41) is 3.25. The van der Waals surface area contributed by atoms with Gasteiger partial charge in [0.1, 0.15) is 19.8 Å². The van der Waals surface area contributed by atoms with Gasteiger partial charge in [-0.1, -0.05) is 97.8 Å². The van der Waals surface area contributed by atoms with E-state index in [2.05, 4.69) is 29.2 Å². The van der Waals surface area contributed by atoms with E-state index in [9.17, 15) is 9.59 Å². The predicted octanol–water partition coefficient (Wildman–Crippen LogP) is 8.63. The number of aromatic nitrogens is 1. The van der Waals surface area contributed by atoms with Crippen molar-refractivity contribution in [3.63, 3.8) is 0 Å². The molecule has 0 amide bonds. The van der Waals surface area contributed by atoms with Gasteiger partial charge in [-0.15, -0.1) is 0 Å². The SMILES string of the molecule is CCCCCCCCCCCCCCCC[n+]1cccc(C2C(C(=O)OCCOCCC)=C(C)NC(C)=C2C(=O)OCCOCCC)c1. The average Bonchev–Trinajstić information content (AvgIpc) is 3.07. The van der Waals surface area contributed by atoms with Gasteiger partial charge in [0.05, 0.1) is 30.3 Å². The highest BCUT2D eigenvalue weighted by atomic mass is 16.6. The molecule has 272 valence electrons. The number of carbonyl (C=O) groups excluding carboxylic acids is 2. The second-order valence-electron chi connectivity index (χ2n) is 13.1. The lowest BCUT2D eigenvalue weighted by atomic mass is 9.81. The molecule has 0 radical (unpaired) electrons. The van der Waals surface area contributed by atoms with Gasteiger partial charge in [0.2, 0.25) is 0 Å². The molecule has 0 spiro atoms. The summed E-state index contributed by atoms with van der Waals surface area (Å²) in [6.45, 7) is 13.1. The van der Waals surface area contributed by atoms with Crippen LogP contribution in [0.25, 0.3) is 0 Å². The molecule has 0 fully saturated rings. The fourth-order valence-electron chi connectivity index (χ4n) is 6.24. The van der Waals surface area contributed by atoms with Crippen LogP contribution in [-0.4, -0.2) is 51.6 Å². The Morgan fingerprint density at radius 3 is 1.54 bits per heavy atom. The molecule has 0 aromatic carbocycles. The molecule has 8 heteroatoms. The van der Waals surface area contributed by atoms with Crippen LogP contribution in [0.2, 0.25) is 0 Å². The molecule has 2 heterocycles. The van der Waals surface area contributed by atoms with Gasteiger partial charge in [-0.25, -0.2) is 14.2 Å².